The van der Waals surface area contributed by atoms with Gasteiger partial charge in [-0.1, -0.05) is 0 Å². The molecule has 2 aromatic heterocycles. The smallest absolute Gasteiger partial charge is 0.225 e. The van der Waals surface area contributed by atoms with E-state index in [2.05, 4.69) is 27.9 Å². The first-order chi connectivity index (χ1) is 12.6. The molecular formula is C21H27N3O2. The van der Waals surface area contributed by atoms with E-state index in [1.165, 1.54) is 31.1 Å². The third-order valence-electron chi connectivity index (χ3n) is 6.97. The number of carbonyl (C=O) groups excluding carboxylic acids is 1. The molecule has 3 fully saturated rings. The third kappa shape index (κ3) is 2.73. The summed E-state index contributed by atoms with van der Waals surface area (Å²) in [5, 5.41) is 10.6. The van der Waals surface area contributed by atoms with E-state index in [0.717, 1.165) is 25.3 Å². The normalized spacial score (nSPS) is 28.1. The minimum atomic E-state index is -0.242. The fourth-order valence-corrected chi connectivity index (χ4v) is 5.20. The van der Waals surface area contributed by atoms with Gasteiger partial charge in [0.15, 0.2) is 0 Å². The molecule has 138 valence electrons. The van der Waals surface area contributed by atoms with Gasteiger partial charge in [0.2, 0.25) is 5.91 Å². The van der Waals surface area contributed by atoms with Crippen molar-refractivity contribution >= 4 is 16.9 Å². The van der Waals surface area contributed by atoms with Gasteiger partial charge >= 0.3 is 0 Å². The highest BCUT2D eigenvalue weighted by molar-refractivity contribution is 5.80. The van der Waals surface area contributed by atoms with Crippen molar-refractivity contribution in [3.8, 4) is 0 Å². The van der Waals surface area contributed by atoms with Gasteiger partial charge in [-0.3, -0.25) is 4.79 Å². The molecule has 0 atom stereocenters. The molecule has 2 aromatic rings. The molecule has 5 heteroatoms. The van der Waals surface area contributed by atoms with E-state index < -0.39 is 0 Å². The maximum absolute atomic E-state index is 12.4. The van der Waals surface area contributed by atoms with Crippen LogP contribution >= 0.6 is 0 Å². The lowest BCUT2D eigenvalue weighted by Gasteiger charge is -2.55. The van der Waals surface area contributed by atoms with Gasteiger partial charge in [-0.05, 0) is 62.6 Å². The van der Waals surface area contributed by atoms with Crippen LogP contribution in [0.15, 0.2) is 30.6 Å². The highest BCUT2D eigenvalue weighted by atomic mass is 16.3. The molecule has 2 saturated carbocycles. The molecule has 0 aromatic carbocycles. The second-order valence-corrected chi connectivity index (χ2v) is 8.84. The van der Waals surface area contributed by atoms with E-state index >= 15 is 0 Å². The van der Waals surface area contributed by atoms with Crippen LogP contribution in [-0.4, -0.2) is 44.7 Å². The quantitative estimate of drug-likeness (QED) is 0.923. The van der Waals surface area contributed by atoms with E-state index in [4.69, 9.17) is 0 Å². The minimum absolute atomic E-state index is 0.0909. The van der Waals surface area contributed by atoms with Crippen LogP contribution in [0.5, 0.6) is 0 Å². The number of nitrogens with zero attached hydrogens (tertiary/aromatic N) is 3. The summed E-state index contributed by atoms with van der Waals surface area (Å²) < 4.78 is 2.30. The molecule has 0 radical (unpaired) electrons. The molecule has 1 N–H and O–H groups in total. The number of pyridine rings is 1. The second-order valence-electron chi connectivity index (χ2n) is 8.84. The zero-order valence-corrected chi connectivity index (χ0v) is 15.2. The van der Waals surface area contributed by atoms with Crippen molar-refractivity contribution in [2.45, 2.75) is 51.2 Å². The van der Waals surface area contributed by atoms with Crippen molar-refractivity contribution in [2.75, 3.05) is 13.1 Å². The Labute approximate surface area is 154 Å². The lowest BCUT2D eigenvalue weighted by molar-refractivity contribution is -0.157. The summed E-state index contributed by atoms with van der Waals surface area (Å²) in [4.78, 5) is 19.0. The van der Waals surface area contributed by atoms with Gasteiger partial charge in [-0.15, -0.1) is 0 Å². The Morgan fingerprint density at radius 1 is 1.23 bits per heavy atom. The topological polar surface area (TPSA) is 58.4 Å². The summed E-state index contributed by atoms with van der Waals surface area (Å²) >= 11 is 0. The van der Waals surface area contributed by atoms with E-state index in [1.54, 1.807) is 0 Å². The molecule has 0 bridgehead atoms. The highest BCUT2D eigenvalue weighted by Gasteiger charge is 2.49. The Morgan fingerprint density at radius 2 is 2.00 bits per heavy atom. The van der Waals surface area contributed by atoms with E-state index in [0.29, 0.717) is 24.2 Å². The molecule has 26 heavy (non-hydrogen) atoms. The number of carbonyl (C=O) groups is 1. The van der Waals surface area contributed by atoms with Gasteiger partial charge in [-0.25, -0.2) is 4.98 Å². The molecule has 0 unspecified atom stereocenters. The number of likely N-dealkylation sites (tertiary alicyclic amines) is 1. The average molecular weight is 353 g/mol. The summed E-state index contributed by atoms with van der Waals surface area (Å²) in [5.41, 5.74) is 1.47. The molecule has 5 nitrogen and oxygen atoms in total. The number of rotatable bonds is 3. The Balaban J connectivity index is 1.14. The Bertz CT molecular complexity index is 808. The van der Waals surface area contributed by atoms with E-state index in [9.17, 15) is 9.90 Å². The maximum Gasteiger partial charge on any atom is 0.225 e. The zero-order valence-electron chi connectivity index (χ0n) is 15.2. The van der Waals surface area contributed by atoms with Crippen molar-refractivity contribution in [1.29, 1.82) is 0 Å². The third-order valence-corrected chi connectivity index (χ3v) is 6.97. The molecule has 1 saturated heterocycles. The standard InChI is InChI=1S/C21H27N3O2/c25-18-10-17(11-18)20(26)24-13-21(14-24)6-3-15(4-7-21)12-23-9-5-16-2-1-8-22-19(16)23/h1-2,5,8-9,15,17-18,25H,3-4,6-7,10-14H2/t17-,18+. The zero-order chi connectivity index (χ0) is 17.7. The predicted octanol–water partition coefficient (Wildman–Crippen LogP) is 2.83. The van der Waals surface area contributed by atoms with Gasteiger partial charge in [0, 0.05) is 48.7 Å². The molecule has 1 spiro atoms. The van der Waals surface area contributed by atoms with Gasteiger partial charge in [0.25, 0.3) is 0 Å². The predicted molar refractivity (Wildman–Crippen MR) is 99.4 cm³/mol. The van der Waals surface area contributed by atoms with Crippen LogP contribution < -0.4 is 0 Å². The first-order valence-corrected chi connectivity index (χ1v) is 9.99. The van der Waals surface area contributed by atoms with Crippen LogP contribution in [0.25, 0.3) is 11.0 Å². The average Bonchev–Trinajstić information content (AvgIpc) is 3.00. The van der Waals surface area contributed by atoms with Gasteiger partial charge in [0.05, 0.1) is 6.10 Å². The molecule has 2 aliphatic carbocycles. The lowest BCUT2D eigenvalue weighted by atomic mass is 9.65. The first-order valence-electron chi connectivity index (χ1n) is 9.99. The monoisotopic (exact) mass is 353 g/mol. The largest absolute Gasteiger partial charge is 0.393 e. The Hall–Kier alpha value is -1.88. The molecule has 1 aliphatic heterocycles. The summed E-state index contributed by atoms with van der Waals surface area (Å²) in [6.45, 7) is 2.94. The summed E-state index contributed by atoms with van der Waals surface area (Å²) in [6.07, 6.45) is 10.1. The number of hydrogen-bond donors (Lipinski definition) is 1. The van der Waals surface area contributed by atoms with Gasteiger partial charge in [-0.2, -0.15) is 0 Å². The van der Waals surface area contributed by atoms with Crippen molar-refractivity contribution in [3.05, 3.63) is 30.6 Å². The molecule has 3 aliphatic rings. The minimum Gasteiger partial charge on any atom is -0.393 e. The van der Waals surface area contributed by atoms with Crippen LogP contribution in [0.1, 0.15) is 38.5 Å². The van der Waals surface area contributed by atoms with Crippen LogP contribution in [-0.2, 0) is 11.3 Å². The molecule has 3 heterocycles. The fraction of sp³-hybridized carbons (Fsp3) is 0.619. The fourth-order valence-electron chi connectivity index (χ4n) is 5.20. The second kappa shape index (κ2) is 6.08. The maximum atomic E-state index is 12.4. The molecular weight excluding hydrogens is 326 g/mol. The lowest BCUT2D eigenvalue weighted by Crippen LogP contribution is -2.61. The van der Waals surface area contributed by atoms with E-state index in [-0.39, 0.29) is 17.9 Å². The van der Waals surface area contributed by atoms with Crippen LogP contribution in [0.2, 0.25) is 0 Å². The molecule has 5 rings (SSSR count). The van der Waals surface area contributed by atoms with Crippen LogP contribution in [0.4, 0.5) is 0 Å². The Kier molecular flexibility index (Phi) is 3.82. The first kappa shape index (κ1) is 16.3. The van der Waals surface area contributed by atoms with Crippen LogP contribution in [0.3, 0.4) is 0 Å². The number of amides is 1. The van der Waals surface area contributed by atoms with Crippen molar-refractivity contribution in [2.24, 2.45) is 17.3 Å². The number of aromatic nitrogens is 2. The highest BCUT2D eigenvalue weighted by Crippen LogP contribution is 2.47. The van der Waals surface area contributed by atoms with Crippen molar-refractivity contribution in [1.82, 2.24) is 14.5 Å². The number of aliphatic hydroxyl groups excluding tert-OH is 1. The van der Waals surface area contributed by atoms with Gasteiger partial charge in [0.1, 0.15) is 5.65 Å². The van der Waals surface area contributed by atoms with Gasteiger partial charge < -0.3 is 14.6 Å². The number of aliphatic hydroxyl groups is 1. The molecule has 1 amide bonds. The summed E-state index contributed by atoms with van der Waals surface area (Å²) in [5.74, 6) is 1.09. The SMILES string of the molecule is O=C([C@H]1C[C@@H](O)C1)N1CC2(CCC(Cn3ccc4cccnc43)CC2)C1. The summed E-state index contributed by atoms with van der Waals surface area (Å²) in [6, 6.07) is 6.26. The van der Waals surface area contributed by atoms with Crippen LogP contribution in [0, 0.1) is 17.3 Å². The Morgan fingerprint density at radius 3 is 2.73 bits per heavy atom. The van der Waals surface area contributed by atoms with Crippen molar-refractivity contribution < 1.29 is 9.90 Å². The number of hydrogen-bond acceptors (Lipinski definition) is 3. The van der Waals surface area contributed by atoms with E-state index in [1.807, 2.05) is 17.2 Å². The summed E-state index contributed by atoms with van der Waals surface area (Å²) in [7, 11) is 0. The van der Waals surface area contributed by atoms with Crippen molar-refractivity contribution in [3.63, 3.8) is 0 Å². The number of fused-ring (bicyclic) bond motifs is 1.